The van der Waals surface area contributed by atoms with Gasteiger partial charge in [0, 0.05) is 13.1 Å². The molecule has 0 aromatic carbocycles. The predicted molar refractivity (Wildman–Crippen MR) is 74.1 cm³/mol. The molecule has 0 unspecified atom stereocenters. The van der Waals surface area contributed by atoms with Crippen molar-refractivity contribution in [2.75, 3.05) is 25.9 Å². The van der Waals surface area contributed by atoms with Crippen molar-refractivity contribution in [2.24, 2.45) is 0 Å². The molecule has 0 saturated heterocycles. The molecule has 0 bridgehead atoms. The van der Waals surface area contributed by atoms with Gasteiger partial charge in [-0.25, -0.2) is 17.5 Å². The second kappa shape index (κ2) is 7.41. The molecule has 1 rings (SSSR count). The Balaban J connectivity index is 2.32. The topological polar surface area (TPSA) is 99.8 Å². The fraction of sp³-hybridized carbons (Fsp3) is 0.583. The Labute approximate surface area is 118 Å². The summed E-state index contributed by atoms with van der Waals surface area (Å²) >= 11 is 0. The van der Waals surface area contributed by atoms with Crippen LogP contribution in [-0.4, -0.2) is 49.7 Å². The van der Waals surface area contributed by atoms with Gasteiger partial charge in [0.25, 0.3) is 0 Å². The van der Waals surface area contributed by atoms with Gasteiger partial charge in [0.2, 0.25) is 10.0 Å². The van der Waals surface area contributed by atoms with Gasteiger partial charge in [-0.3, -0.25) is 0 Å². The fourth-order valence-electron chi connectivity index (χ4n) is 1.81. The quantitative estimate of drug-likeness (QED) is 0.653. The minimum absolute atomic E-state index is 0.142. The first-order chi connectivity index (χ1) is 9.36. The second-order valence-electron chi connectivity index (χ2n) is 4.35. The van der Waals surface area contributed by atoms with E-state index < -0.39 is 16.0 Å². The lowest BCUT2D eigenvalue weighted by molar-refractivity contribution is 0.0694. The number of carboxylic acids is 1. The SMILES string of the molecule is CCN(CCCNCc1occc1C(=O)O)S(C)(=O)=O. The number of carbonyl (C=O) groups is 1. The molecule has 0 amide bonds. The summed E-state index contributed by atoms with van der Waals surface area (Å²) in [6, 6.07) is 1.40. The van der Waals surface area contributed by atoms with Crippen LogP contribution < -0.4 is 5.32 Å². The van der Waals surface area contributed by atoms with E-state index in [1.54, 1.807) is 6.92 Å². The summed E-state index contributed by atoms with van der Waals surface area (Å²) < 4.78 is 29.2. The summed E-state index contributed by atoms with van der Waals surface area (Å²) in [5.74, 6) is -0.655. The molecule has 0 saturated carbocycles. The van der Waals surface area contributed by atoms with Crippen LogP contribution in [0, 0.1) is 0 Å². The molecule has 1 aromatic heterocycles. The first-order valence-electron chi connectivity index (χ1n) is 6.31. The third-order valence-electron chi connectivity index (χ3n) is 2.84. The van der Waals surface area contributed by atoms with Crippen LogP contribution in [0.5, 0.6) is 0 Å². The van der Waals surface area contributed by atoms with E-state index in [2.05, 4.69) is 5.32 Å². The molecule has 0 aliphatic carbocycles. The van der Waals surface area contributed by atoms with Crippen molar-refractivity contribution >= 4 is 16.0 Å². The van der Waals surface area contributed by atoms with Gasteiger partial charge < -0.3 is 14.8 Å². The van der Waals surface area contributed by atoms with Crippen LogP contribution in [0.1, 0.15) is 29.5 Å². The molecule has 0 aliphatic heterocycles. The zero-order valence-corrected chi connectivity index (χ0v) is 12.4. The summed E-state index contributed by atoms with van der Waals surface area (Å²) in [7, 11) is -3.15. The summed E-state index contributed by atoms with van der Waals surface area (Å²) in [6.07, 6.45) is 3.17. The average molecular weight is 304 g/mol. The smallest absolute Gasteiger partial charge is 0.339 e. The van der Waals surface area contributed by atoms with Crippen LogP contribution in [0.2, 0.25) is 0 Å². The number of rotatable bonds is 9. The summed E-state index contributed by atoms with van der Waals surface area (Å²) in [5, 5.41) is 11.9. The Morgan fingerprint density at radius 3 is 2.75 bits per heavy atom. The number of nitrogens with one attached hydrogen (secondary N) is 1. The molecule has 0 spiro atoms. The van der Waals surface area contributed by atoms with E-state index >= 15 is 0 Å². The fourth-order valence-corrected chi connectivity index (χ4v) is 2.74. The van der Waals surface area contributed by atoms with Crippen LogP contribution >= 0.6 is 0 Å². The average Bonchev–Trinajstić information content (AvgIpc) is 2.80. The molecule has 2 N–H and O–H groups in total. The number of nitrogens with zero attached hydrogens (tertiary/aromatic N) is 1. The van der Waals surface area contributed by atoms with Gasteiger partial charge in [-0.05, 0) is 19.0 Å². The Hall–Kier alpha value is -1.38. The lowest BCUT2D eigenvalue weighted by atomic mass is 10.2. The molecule has 20 heavy (non-hydrogen) atoms. The van der Waals surface area contributed by atoms with E-state index in [9.17, 15) is 13.2 Å². The van der Waals surface area contributed by atoms with Crippen molar-refractivity contribution in [3.63, 3.8) is 0 Å². The van der Waals surface area contributed by atoms with Crippen LogP contribution in [0.15, 0.2) is 16.7 Å². The van der Waals surface area contributed by atoms with E-state index in [1.807, 2.05) is 0 Å². The van der Waals surface area contributed by atoms with E-state index in [0.717, 1.165) is 0 Å². The van der Waals surface area contributed by atoms with E-state index in [4.69, 9.17) is 9.52 Å². The van der Waals surface area contributed by atoms with Crippen LogP contribution in [0.3, 0.4) is 0 Å². The summed E-state index contributed by atoms with van der Waals surface area (Å²) in [6.45, 7) is 3.55. The third-order valence-corrected chi connectivity index (χ3v) is 4.22. The van der Waals surface area contributed by atoms with Crippen molar-refractivity contribution < 1.29 is 22.7 Å². The van der Waals surface area contributed by atoms with Gasteiger partial charge in [0.15, 0.2) is 0 Å². The lowest BCUT2D eigenvalue weighted by Gasteiger charge is -2.17. The highest BCUT2D eigenvalue weighted by Crippen LogP contribution is 2.09. The standard InChI is InChI=1S/C12H20N2O5S/c1-3-14(20(2,17)18)7-4-6-13-9-11-10(12(15)16)5-8-19-11/h5,8,13H,3-4,6-7,9H2,1-2H3,(H,15,16). The van der Waals surface area contributed by atoms with E-state index in [-0.39, 0.29) is 5.56 Å². The number of aromatic carboxylic acids is 1. The van der Waals surface area contributed by atoms with Gasteiger partial charge in [0.1, 0.15) is 11.3 Å². The predicted octanol–water partition coefficient (Wildman–Crippen LogP) is 0.739. The van der Waals surface area contributed by atoms with Gasteiger partial charge in [-0.1, -0.05) is 6.92 Å². The molecule has 0 aliphatic rings. The Morgan fingerprint density at radius 1 is 1.50 bits per heavy atom. The highest BCUT2D eigenvalue weighted by molar-refractivity contribution is 7.88. The van der Waals surface area contributed by atoms with Crippen molar-refractivity contribution in [2.45, 2.75) is 19.9 Å². The van der Waals surface area contributed by atoms with E-state index in [1.165, 1.54) is 22.9 Å². The first-order valence-corrected chi connectivity index (χ1v) is 8.16. The van der Waals surface area contributed by atoms with Gasteiger partial charge in [-0.15, -0.1) is 0 Å². The van der Waals surface area contributed by atoms with Gasteiger partial charge >= 0.3 is 5.97 Å². The van der Waals surface area contributed by atoms with E-state index in [0.29, 0.717) is 38.4 Å². The van der Waals surface area contributed by atoms with Crippen LogP contribution in [-0.2, 0) is 16.6 Å². The number of hydrogen-bond acceptors (Lipinski definition) is 5. The van der Waals surface area contributed by atoms with Crippen molar-refractivity contribution in [1.82, 2.24) is 9.62 Å². The van der Waals surface area contributed by atoms with Gasteiger partial charge in [-0.2, -0.15) is 0 Å². The Morgan fingerprint density at radius 2 is 2.20 bits per heavy atom. The van der Waals surface area contributed by atoms with Crippen LogP contribution in [0.4, 0.5) is 0 Å². The zero-order valence-electron chi connectivity index (χ0n) is 11.6. The molecule has 8 heteroatoms. The second-order valence-corrected chi connectivity index (χ2v) is 6.33. The maximum atomic E-state index is 11.4. The third kappa shape index (κ3) is 4.95. The molecule has 0 atom stereocenters. The monoisotopic (exact) mass is 304 g/mol. The first kappa shape index (κ1) is 16.7. The number of furan rings is 1. The summed E-state index contributed by atoms with van der Waals surface area (Å²) in [5.41, 5.74) is 0.142. The Bertz CT molecular complexity index is 538. The van der Waals surface area contributed by atoms with Gasteiger partial charge in [0.05, 0.1) is 19.1 Å². The number of carboxylic acid groups (broad SMARTS) is 1. The lowest BCUT2D eigenvalue weighted by Crippen LogP contribution is -2.32. The minimum atomic E-state index is -3.15. The maximum Gasteiger partial charge on any atom is 0.339 e. The Kier molecular flexibility index (Phi) is 6.18. The highest BCUT2D eigenvalue weighted by Gasteiger charge is 2.14. The van der Waals surface area contributed by atoms with Crippen molar-refractivity contribution in [3.8, 4) is 0 Å². The number of hydrogen-bond donors (Lipinski definition) is 2. The largest absolute Gasteiger partial charge is 0.478 e. The zero-order chi connectivity index (χ0) is 15.2. The molecule has 7 nitrogen and oxygen atoms in total. The van der Waals surface area contributed by atoms with Crippen molar-refractivity contribution in [3.05, 3.63) is 23.7 Å². The molecule has 0 fully saturated rings. The molecule has 114 valence electrons. The molecule has 1 aromatic rings. The maximum absolute atomic E-state index is 11.4. The van der Waals surface area contributed by atoms with Crippen molar-refractivity contribution in [1.29, 1.82) is 0 Å². The minimum Gasteiger partial charge on any atom is -0.478 e. The normalized spacial score (nSPS) is 11.9. The molecular weight excluding hydrogens is 284 g/mol. The molecular formula is C12H20N2O5S. The molecule has 0 radical (unpaired) electrons. The summed E-state index contributed by atoms with van der Waals surface area (Å²) in [4.78, 5) is 10.8. The molecule has 1 heterocycles. The highest BCUT2D eigenvalue weighted by atomic mass is 32.2. The number of sulfonamides is 1. The van der Waals surface area contributed by atoms with Crippen LogP contribution in [0.25, 0.3) is 0 Å².